The minimum atomic E-state index is -3.54. The molecule has 0 saturated carbocycles. The van der Waals surface area contributed by atoms with Gasteiger partial charge in [0.25, 0.3) is 10.1 Å². The lowest BCUT2D eigenvalue weighted by molar-refractivity contribution is 0.275. The fourth-order valence-corrected chi connectivity index (χ4v) is 3.11. The third-order valence-electron chi connectivity index (χ3n) is 3.06. The Labute approximate surface area is 154 Å². The Bertz CT molecular complexity index is 823. The lowest BCUT2D eigenvalue weighted by Crippen LogP contribution is -2.04. The highest BCUT2D eigenvalue weighted by molar-refractivity contribution is 9.10. The average molecular weight is 436 g/mol. The molecule has 2 aromatic carbocycles. The molecule has 2 rings (SSSR count). The first-order chi connectivity index (χ1) is 11.3. The number of rotatable bonds is 7. The van der Waals surface area contributed by atoms with E-state index >= 15 is 0 Å². The van der Waals surface area contributed by atoms with Crippen molar-refractivity contribution in [3.05, 3.63) is 62.6 Å². The number of hydrogen-bond acceptors (Lipinski definition) is 5. The van der Waals surface area contributed by atoms with Crippen LogP contribution in [0.25, 0.3) is 0 Å². The van der Waals surface area contributed by atoms with Gasteiger partial charge < -0.3 is 9.84 Å². The normalized spacial score (nSPS) is 11.5. The second-order valence-electron chi connectivity index (χ2n) is 5.13. The number of hydrogen-bond donors (Lipinski definition) is 1. The van der Waals surface area contributed by atoms with Crippen molar-refractivity contribution in [1.82, 2.24) is 0 Å². The van der Waals surface area contributed by atoms with Crippen molar-refractivity contribution in [2.45, 2.75) is 19.8 Å². The maximum atomic E-state index is 11.1. The Kier molecular flexibility index (Phi) is 6.65. The Morgan fingerprint density at radius 2 is 1.83 bits per heavy atom. The molecular weight excluding hydrogens is 420 g/mol. The molecule has 0 aliphatic carbocycles. The molecule has 8 heteroatoms. The molecule has 0 fully saturated rings. The molecule has 0 aliphatic rings. The molecule has 0 unspecified atom stereocenters. The molecule has 0 aromatic heterocycles. The van der Waals surface area contributed by atoms with E-state index in [0.29, 0.717) is 28.5 Å². The molecule has 0 saturated heterocycles. The van der Waals surface area contributed by atoms with Gasteiger partial charge in [0, 0.05) is 15.1 Å². The second kappa shape index (κ2) is 8.31. The van der Waals surface area contributed by atoms with E-state index in [9.17, 15) is 13.5 Å². The number of aliphatic hydroxyl groups is 1. The van der Waals surface area contributed by atoms with Crippen molar-refractivity contribution in [1.29, 1.82) is 0 Å². The van der Waals surface area contributed by atoms with Gasteiger partial charge in [-0.05, 0) is 35.4 Å². The van der Waals surface area contributed by atoms with Gasteiger partial charge in [-0.1, -0.05) is 39.7 Å². The minimum absolute atomic E-state index is 0.117. The number of benzene rings is 2. The van der Waals surface area contributed by atoms with E-state index in [2.05, 4.69) is 15.9 Å². The van der Waals surface area contributed by atoms with Crippen molar-refractivity contribution in [2.24, 2.45) is 0 Å². The Balaban J connectivity index is 2.13. The Morgan fingerprint density at radius 3 is 2.46 bits per heavy atom. The van der Waals surface area contributed by atoms with Gasteiger partial charge in [-0.25, -0.2) is 0 Å². The maximum Gasteiger partial charge on any atom is 0.264 e. The molecule has 2 aromatic rings. The summed E-state index contributed by atoms with van der Waals surface area (Å²) in [5.74, 6) is 0.510. The fraction of sp³-hybridized carbons (Fsp3) is 0.250. The molecule has 0 atom stereocenters. The minimum Gasteiger partial charge on any atom is -0.489 e. The van der Waals surface area contributed by atoms with E-state index in [1.165, 1.54) is 0 Å². The first-order valence-electron chi connectivity index (χ1n) is 6.91. The first kappa shape index (κ1) is 19.2. The lowest BCUT2D eigenvalue weighted by atomic mass is 10.1. The van der Waals surface area contributed by atoms with Crippen molar-refractivity contribution < 1.29 is 22.4 Å². The van der Waals surface area contributed by atoms with Gasteiger partial charge in [-0.2, -0.15) is 8.42 Å². The molecule has 130 valence electrons. The standard InChI is InChI=1S/C16H16BrClO5S/c1-24(20,21)23-9-12-4-11(8-19)5-15(6-12)22-10-13-2-3-14(18)7-16(13)17/h2-7,19H,8-10H2,1H3. The monoisotopic (exact) mass is 434 g/mol. The first-order valence-corrected chi connectivity index (χ1v) is 9.90. The molecule has 1 N–H and O–H groups in total. The summed E-state index contributed by atoms with van der Waals surface area (Å²) in [6, 6.07) is 10.4. The molecule has 0 spiro atoms. The maximum absolute atomic E-state index is 11.1. The van der Waals surface area contributed by atoms with Crippen molar-refractivity contribution >= 4 is 37.6 Å². The van der Waals surface area contributed by atoms with Crippen LogP contribution in [0.3, 0.4) is 0 Å². The molecule has 0 amide bonds. The quantitative estimate of drug-likeness (QED) is 0.672. The lowest BCUT2D eigenvalue weighted by Gasteiger charge is -2.11. The zero-order chi connectivity index (χ0) is 17.7. The van der Waals surface area contributed by atoms with E-state index in [1.54, 1.807) is 30.3 Å². The molecule has 5 nitrogen and oxygen atoms in total. The van der Waals surface area contributed by atoms with E-state index in [4.69, 9.17) is 20.5 Å². The van der Waals surface area contributed by atoms with Crippen LogP contribution in [-0.2, 0) is 34.1 Å². The van der Waals surface area contributed by atoms with Crippen LogP contribution in [0, 0.1) is 0 Å². The predicted octanol–water partition coefficient (Wildman–Crippen LogP) is 3.65. The highest BCUT2D eigenvalue weighted by Gasteiger charge is 2.08. The summed E-state index contributed by atoms with van der Waals surface area (Å²) >= 11 is 9.32. The zero-order valence-electron chi connectivity index (χ0n) is 12.8. The molecule has 0 radical (unpaired) electrons. The van der Waals surface area contributed by atoms with E-state index in [1.807, 2.05) is 6.07 Å². The largest absolute Gasteiger partial charge is 0.489 e. The van der Waals surface area contributed by atoms with Gasteiger partial charge in [0.15, 0.2) is 0 Å². The van der Waals surface area contributed by atoms with Gasteiger partial charge >= 0.3 is 0 Å². The van der Waals surface area contributed by atoms with Crippen LogP contribution >= 0.6 is 27.5 Å². The highest BCUT2D eigenvalue weighted by Crippen LogP contribution is 2.24. The summed E-state index contributed by atoms with van der Waals surface area (Å²) in [5.41, 5.74) is 2.11. The SMILES string of the molecule is CS(=O)(=O)OCc1cc(CO)cc(OCc2ccc(Cl)cc2Br)c1. The van der Waals surface area contributed by atoms with Crippen LogP contribution in [0.5, 0.6) is 5.75 Å². The summed E-state index contributed by atoms with van der Waals surface area (Å²) in [5, 5.41) is 9.96. The number of halogens is 2. The number of aliphatic hydroxyl groups excluding tert-OH is 1. The van der Waals surface area contributed by atoms with Gasteiger partial charge in [-0.3, -0.25) is 4.18 Å². The van der Waals surface area contributed by atoms with Gasteiger partial charge in [0.2, 0.25) is 0 Å². The van der Waals surface area contributed by atoms with Gasteiger partial charge in [-0.15, -0.1) is 0 Å². The van der Waals surface area contributed by atoms with E-state index in [0.717, 1.165) is 16.3 Å². The van der Waals surface area contributed by atoms with Crippen molar-refractivity contribution in [3.8, 4) is 5.75 Å². The summed E-state index contributed by atoms with van der Waals surface area (Å²) in [4.78, 5) is 0. The molecular formula is C16H16BrClO5S. The van der Waals surface area contributed by atoms with E-state index < -0.39 is 10.1 Å². The van der Waals surface area contributed by atoms with Gasteiger partial charge in [0.05, 0.1) is 19.5 Å². The smallest absolute Gasteiger partial charge is 0.264 e. The number of ether oxygens (including phenoxy) is 1. The fourth-order valence-electron chi connectivity index (χ4n) is 1.96. The molecule has 0 aliphatic heterocycles. The topological polar surface area (TPSA) is 72.8 Å². The summed E-state index contributed by atoms with van der Waals surface area (Å²) < 4.78 is 33.5. The average Bonchev–Trinajstić information content (AvgIpc) is 2.51. The van der Waals surface area contributed by atoms with Crippen LogP contribution in [0.15, 0.2) is 40.9 Å². The van der Waals surface area contributed by atoms with Crippen LogP contribution in [0.4, 0.5) is 0 Å². The summed E-state index contributed by atoms with van der Waals surface area (Å²) in [6.07, 6.45) is 0.984. The van der Waals surface area contributed by atoms with Crippen molar-refractivity contribution in [3.63, 3.8) is 0 Å². The van der Waals surface area contributed by atoms with Crippen LogP contribution in [0.1, 0.15) is 16.7 Å². The summed E-state index contributed by atoms with van der Waals surface area (Å²) in [7, 11) is -3.54. The van der Waals surface area contributed by atoms with Crippen LogP contribution < -0.4 is 4.74 Å². The predicted molar refractivity (Wildman–Crippen MR) is 95.5 cm³/mol. The molecule has 24 heavy (non-hydrogen) atoms. The second-order valence-corrected chi connectivity index (χ2v) is 8.07. The van der Waals surface area contributed by atoms with Gasteiger partial charge in [0.1, 0.15) is 12.4 Å². The zero-order valence-corrected chi connectivity index (χ0v) is 16.0. The molecule has 0 heterocycles. The van der Waals surface area contributed by atoms with Crippen LogP contribution in [-0.4, -0.2) is 19.8 Å². The van der Waals surface area contributed by atoms with E-state index in [-0.39, 0.29) is 13.2 Å². The Hall–Kier alpha value is -1.12. The molecule has 0 bridgehead atoms. The third-order valence-corrected chi connectivity index (χ3v) is 4.58. The summed E-state index contributed by atoms with van der Waals surface area (Å²) in [6.45, 7) is -0.0135. The highest BCUT2D eigenvalue weighted by atomic mass is 79.9. The third kappa shape index (κ3) is 6.07. The van der Waals surface area contributed by atoms with Crippen molar-refractivity contribution in [2.75, 3.05) is 6.26 Å². The van der Waals surface area contributed by atoms with Crippen LogP contribution in [0.2, 0.25) is 5.02 Å². The Morgan fingerprint density at radius 1 is 1.12 bits per heavy atom.